The average molecular weight is 362 g/mol. The van der Waals surface area contributed by atoms with Gasteiger partial charge in [-0.15, -0.1) is 0 Å². The molecule has 3 atom stereocenters. The number of rotatable bonds is 10. The molecule has 144 valence electrons. The lowest BCUT2D eigenvalue weighted by atomic mass is 9.65. The highest BCUT2D eigenvalue weighted by Gasteiger charge is 2.46. The van der Waals surface area contributed by atoms with E-state index in [1.165, 1.54) is 25.7 Å². The average Bonchev–Trinajstić information content (AvgIpc) is 2.46. The summed E-state index contributed by atoms with van der Waals surface area (Å²) in [6, 6.07) is 0. The Morgan fingerprint density at radius 1 is 1.08 bits per heavy atom. The Kier molecular flexibility index (Phi) is 8.96. The second kappa shape index (κ2) is 9.71. The van der Waals surface area contributed by atoms with Crippen LogP contribution >= 0.6 is 7.82 Å². The molecule has 24 heavy (non-hydrogen) atoms. The van der Waals surface area contributed by atoms with Crippen LogP contribution in [0, 0.1) is 23.7 Å². The largest absolute Gasteiger partial charge is 0.470 e. The van der Waals surface area contributed by atoms with Gasteiger partial charge in [0.05, 0.1) is 5.60 Å². The molecule has 1 fully saturated rings. The zero-order chi connectivity index (χ0) is 18.4. The molecular weight excluding hydrogens is 323 g/mol. The molecule has 1 saturated carbocycles. The van der Waals surface area contributed by atoms with Crippen LogP contribution in [0.2, 0.25) is 0 Å². The van der Waals surface area contributed by atoms with Crippen molar-refractivity contribution in [1.82, 2.24) is 0 Å². The molecule has 0 bridgehead atoms. The van der Waals surface area contributed by atoms with Crippen LogP contribution in [0.1, 0.15) is 92.4 Å². The zero-order valence-electron chi connectivity index (χ0n) is 16.3. The lowest BCUT2D eigenvalue weighted by Gasteiger charge is -2.47. The lowest BCUT2D eigenvalue weighted by molar-refractivity contribution is -0.0632. The fraction of sp³-hybridized carbons (Fsp3) is 1.00. The summed E-state index contributed by atoms with van der Waals surface area (Å²) >= 11 is 0. The van der Waals surface area contributed by atoms with Crippen LogP contribution < -0.4 is 0 Å². The molecule has 1 aliphatic rings. The van der Waals surface area contributed by atoms with E-state index in [2.05, 4.69) is 34.6 Å². The highest BCUT2D eigenvalue weighted by Crippen LogP contribution is 2.53. The minimum atomic E-state index is -4.48. The maximum atomic E-state index is 11.6. The van der Waals surface area contributed by atoms with Crippen molar-refractivity contribution in [2.75, 3.05) is 0 Å². The Balaban J connectivity index is 2.83. The van der Waals surface area contributed by atoms with Crippen LogP contribution in [0.5, 0.6) is 0 Å². The number of hydrogen-bond acceptors (Lipinski definition) is 2. The number of unbranched alkanes of at least 4 members (excludes halogenated alkanes) is 3. The van der Waals surface area contributed by atoms with Gasteiger partial charge in [-0.3, -0.25) is 4.52 Å². The van der Waals surface area contributed by atoms with Crippen LogP contribution in [0.3, 0.4) is 0 Å². The summed E-state index contributed by atoms with van der Waals surface area (Å²) in [5, 5.41) is 0. The minimum absolute atomic E-state index is 0.429. The highest BCUT2D eigenvalue weighted by atomic mass is 31.2. The zero-order valence-corrected chi connectivity index (χ0v) is 17.2. The quantitative estimate of drug-likeness (QED) is 0.374. The van der Waals surface area contributed by atoms with Crippen molar-refractivity contribution in [3.05, 3.63) is 0 Å². The van der Waals surface area contributed by atoms with Crippen molar-refractivity contribution < 1.29 is 18.9 Å². The Bertz CT molecular complexity index is 394. The van der Waals surface area contributed by atoms with Gasteiger partial charge in [-0.2, -0.15) is 0 Å². The highest BCUT2D eigenvalue weighted by molar-refractivity contribution is 7.46. The molecule has 3 unspecified atom stereocenters. The number of hydrogen-bond donors (Lipinski definition) is 2. The van der Waals surface area contributed by atoms with Gasteiger partial charge in [0.1, 0.15) is 0 Å². The molecule has 0 spiro atoms. The van der Waals surface area contributed by atoms with Crippen molar-refractivity contribution in [2.45, 2.75) is 98.0 Å². The van der Waals surface area contributed by atoms with E-state index in [4.69, 9.17) is 4.52 Å². The molecule has 4 nitrogen and oxygen atoms in total. The van der Waals surface area contributed by atoms with E-state index in [-0.39, 0.29) is 0 Å². The monoisotopic (exact) mass is 362 g/mol. The van der Waals surface area contributed by atoms with Crippen LogP contribution in [0.15, 0.2) is 0 Å². The summed E-state index contributed by atoms with van der Waals surface area (Å²) < 4.78 is 17.1. The predicted octanol–water partition coefficient (Wildman–Crippen LogP) is 5.92. The first kappa shape index (κ1) is 22.2. The van der Waals surface area contributed by atoms with Crippen LogP contribution in [0.4, 0.5) is 0 Å². The summed E-state index contributed by atoms with van der Waals surface area (Å²) in [5.74, 6) is 1.92. The van der Waals surface area contributed by atoms with Crippen LogP contribution in [-0.4, -0.2) is 15.4 Å². The Morgan fingerprint density at radius 2 is 1.67 bits per heavy atom. The van der Waals surface area contributed by atoms with E-state index in [1.807, 2.05) is 0 Å². The van der Waals surface area contributed by atoms with E-state index in [1.54, 1.807) is 0 Å². The third-order valence-electron chi connectivity index (χ3n) is 6.20. The number of phosphoric acid groups is 1. The molecule has 0 aromatic rings. The molecular formula is C19H39O4P. The fourth-order valence-corrected chi connectivity index (χ4v) is 5.28. The Hall–Kier alpha value is 0.110. The van der Waals surface area contributed by atoms with Crippen molar-refractivity contribution in [1.29, 1.82) is 0 Å². The second-order valence-electron chi connectivity index (χ2n) is 8.31. The fourth-order valence-electron chi connectivity index (χ4n) is 4.56. The van der Waals surface area contributed by atoms with E-state index in [0.29, 0.717) is 23.7 Å². The predicted molar refractivity (Wildman–Crippen MR) is 99.7 cm³/mol. The third kappa shape index (κ3) is 7.15. The van der Waals surface area contributed by atoms with Crippen molar-refractivity contribution in [3.63, 3.8) is 0 Å². The minimum Gasteiger partial charge on any atom is -0.303 e. The van der Waals surface area contributed by atoms with E-state index in [0.717, 1.165) is 32.1 Å². The van der Waals surface area contributed by atoms with Crippen LogP contribution in [0.25, 0.3) is 0 Å². The summed E-state index contributed by atoms with van der Waals surface area (Å²) in [6.07, 6.45) is 9.45. The van der Waals surface area contributed by atoms with E-state index in [9.17, 15) is 14.4 Å². The van der Waals surface area contributed by atoms with Gasteiger partial charge < -0.3 is 9.79 Å². The molecule has 5 heteroatoms. The summed E-state index contributed by atoms with van der Waals surface area (Å²) in [6.45, 7) is 11.0. The Labute approximate surface area is 149 Å². The molecule has 0 amide bonds. The van der Waals surface area contributed by atoms with Gasteiger partial charge in [0.25, 0.3) is 0 Å². The molecule has 1 rings (SSSR count). The molecule has 2 N–H and O–H groups in total. The van der Waals surface area contributed by atoms with Crippen molar-refractivity contribution >= 4 is 7.82 Å². The smallest absolute Gasteiger partial charge is 0.303 e. The molecule has 0 aromatic heterocycles. The van der Waals surface area contributed by atoms with Gasteiger partial charge in [-0.05, 0) is 42.9 Å². The molecule has 0 radical (unpaired) electrons. The van der Waals surface area contributed by atoms with Crippen molar-refractivity contribution in [2.24, 2.45) is 23.7 Å². The lowest BCUT2D eigenvalue weighted by Crippen LogP contribution is -2.44. The first-order valence-corrected chi connectivity index (χ1v) is 11.4. The summed E-state index contributed by atoms with van der Waals surface area (Å²) in [7, 11) is -4.48. The standard InChI is InChI=1S/C19H39O4P/c1-6-8-9-10-11-18(7-2)14-19(23-24(20,21)22)12-15(3)17(5)16(4)13-19/h15-18H,6-14H2,1-5H3,(H2,20,21,22). The molecule has 0 heterocycles. The van der Waals surface area contributed by atoms with Gasteiger partial charge in [0, 0.05) is 0 Å². The van der Waals surface area contributed by atoms with E-state index < -0.39 is 13.4 Å². The van der Waals surface area contributed by atoms with Crippen molar-refractivity contribution in [3.8, 4) is 0 Å². The first-order valence-electron chi connectivity index (χ1n) is 9.88. The first-order chi connectivity index (χ1) is 11.1. The van der Waals surface area contributed by atoms with Gasteiger partial charge in [0.2, 0.25) is 0 Å². The maximum Gasteiger partial charge on any atom is 0.470 e. The normalized spacial score (nSPS) is 32.7. The maximum absolute atomic E-state index is 11.6. The van der Waals surface area contributed by atoms with E-state index >= 15 is 0 Å². The molecule has 0 aromatic carbocycles. The topological polar surface area (TPSA) is 66.8 Å². The SMILES string of the molecule is CCCCCCC(CC)CC1(OP(=O)(O)O)CC(C)C(C)C(C)C1. The molecule has 0 saturated heterocycles. The summed E-state index contributed by atoms with van der Waals surface area (Å²) in [4.78, 5) is 19.0. The second-order valence-corrected chi connectivity index (χ2v) is 9.48. The van der Waals surface area contributed by atoms with Gasteiger partial charge >= 0.3 is 7.82 Å². The van der Waals surface area contributed by atoms with Gasteiger partial charge in [-0.1, -0.05) is 73.1 Å². The van der Waals surface area contributed by atoms with Crippen LogP contribution in [-0.2, 0) is 9.09 Å². The molecule has 0 aliphatic heterocycles. The molecule has 1 aliphatic carbocycles. The number of phosphoric ester groups is 1. The summed E-state index contributed by atoms with van der Waals surface area (Å²) in [5.41, 5.74) is -0.657. The Morgan fingerprint density at radius 3 is 2.12 bits per heavy atom. The van der Waals surface area contributed by atoms with Gasteiger partial charge in [0.15, 0.2) is 0 Å². The van der Waals surface area contributed by atoms with Gasteiger partial charge in [-0.25, -0.2) is 4.57 Å². The third-order valence-corrected chi connectivity index (χ3v) is 6.82.